The number of rotatable bonds is 0. The molecule has 0 saturated heterocycles. The first-order chi connectivity index (χ1) is 2.00. The fourth-order valence-corrected chi connectivity index (χ4v) is 0. The van der Waals surface area contributed by atoms with Crippen LogP contribution in [0.15, 0.2) is 0 Å². The van der Waals surface area contributed by atoms with E-state index in [2.05, 4.69) is 0 Å². The predicted octanol–water partition coefficient (Wildman–Crippen LogP) is -6.20. The zero-order valence-corrected chi connectivity index (χ0v) is 7.65. The van der Waals surface area contributed by atoms with E-state index in [1.165, 1.54) is 0 Å². The Morgan fingerprint density at radius 2 is 1.12 bits per heavy atom. The molecule has 0 unspecified atom stereocenters. The maximum Gasteiger partial charge on any atom is 2.00 e. The zero-order valence-electron chi connectivity index (χ0n) is 4.17. The molecule has 1 radical (unpaired) electrons. The minimum absolute atomic E-state index is 0. The van der Waals surface area contributed by atoms with Gasteiger partial charge < -0.3 is 19.2 Å². The third-order valence-electron chi connectivity index (χ3n) is 0. The minimum Gasteiger partial charge on any atom is -0.822 e. The van der Waals surface area contributed by atoms with Gasteiger partial charge in [-0.05, 0) is 0 Å². The first-order valence-corrected chi connectivity index (χ1v) is 2.19. The molecule has 37 valence electrons. The van der Waals surface area contributed by atoms with Crippen molar-refractivity contribution in [3.8, 4) is 0 Å². The number of phosphoric acid groups is 1. The Kier molecular flexibility index (Phi) is 25.3. The number of hydrogen-bond donors (Lipinski definition) is 0. The summed E-state index contributed by atoms with van der Waals surface area (Å²) in [5.41, 5.74) is 0. The summed E-state index contributed by atoms with van der Waals surface area (Å²) in [6.07, 6.45) is 0. The summed E-state index contributed by atoms with van der Waals surface area (Å²) in [6.45, 7) is 0. The molecule has 0 aliphatic rings. The molecular formula is LiMgMnO4P+2. The standard InChI is InChI=1S/Li.Mg.Mn.H3O4P/c;;;1-5(2,3)4/h;;;(H3,1,2,3,4)/q+1;2*+2;/p-3. The molecule has 0 heterocycles. The van der Waals surface area contributed by atoms with Gasteiger partial charge in [-0.1, -0.05) is 0 Å². The third kappa shape index (κ3) is 98.4. The van der Waals surface area contributed by atoms with Crippen molar-refractivity contribution in [1.29, 1.82) is 0 Å². The van der Waals surface area contributed by atoms with Gasteiger partial charge in [0.1, 0.15) is 0 Å². The van der Waals surface area contributed by atoms with Crippen molar-refractivity contribution in [3.05, 3.63) is 0 Å². The van der Waals surface area contributed by atoms with Gasteiger partial charge in [0.15, 0.2) is 0 Å². The molecule has 8 heavy (non-hydrogen) atoms. The molecule has 0 N–H and O–H groups in total. The van der Waals surface area contributed by atoms with Gasteiger partial charge in [-0.3, -0.25) is 0 Å². The van der Waals surface area contributed by atoms with Gasteiger partial charge in [0.05, 0.1) is 0 Å². The average Bonchev–Trinajstić information content (AvgIpc) is 0.722. The van der Waals surface area contributed by atoms with Crippen molar-refractivity contribution in [3.63, 3.8) is 0 Å². The van der Waals surface area contributed by atoms with Crippen molar-refractivity contribution >= 4 is 30.9 Å². The summed E-state index contributed by atoms with van der Waals surface area (Å²) >= 11 is 0. The summed E-state index contributed by atoms with van der Waals surface area (Å²) in [6, 6.07) is 0. The molecule has 0 aromatic rings. The van der Waals surface area contributed by atoms with Crippen LogP contribution >= 0.6 is 7.82 Å². The first kappa shape index (κ1) is 22.5. The zero-order chi connectivity index (χ0) is 4.50. The van der Waals surface area contributed by atoms with E-state index in [0.29, 0.717) is 0 Å². The van der Waals surface area contributed by atoms with Crippen LogP contribution in [0.3, 0.4) is 0 Å². The van der Waals surface area contributed by atoms with Gasteiger partial charge in [0.25, 0.3) is 0 Å². The summed E-state index contributed by atoms with van der Waals surface area (Å²) in [4.78, 5) is 25.6. The topological polar surface area (TPSA) is 86.2 Å². The maximum atomic E-state index is 8.55. The molecule has 0 aromatic heterocycles. The Labute approximate surface area is 85.5 Å². The van der Waals surface area contributed by atoms with E-state index in [1.54, 1.807) is 0 Å². The van der Waals surface area contributed by atoms with Crippen LogP contribution in [0.25, 0.3) is 0 Å². The Morgan fingerprint density at radius 3 is 1.12 bits per heavy atom. The van der Waals surface area contributed by atoms with Crippen LogP contribution in [-0.4, -0.2) is 23.1 Å². The second-order valence-electron chi connectivity index (χ2n) is 0.447. The average molecular weight is 181 g/mol. The third-order valence-corrected chi connectivity index (χ3v) is 0. The van der Waals surface area contributed by atoms with E-state index in [9.17, 15) is 0 Å². The molecule has 0 atom stereocenters. The van der Waals surface area contributed by atoms with E-state index >= 15 is 0 Å². The molecule has 0 spiro atoms. The fraction of sp³-hybridized carbons (Fsp3) is 0. The van der Waals surface area contributed by atoms with Crippen molar-refractivity contribution < 1.29 is 55.2 Å². The molecule has 0 saturated carbocycles. The Hall–Kier alpha value is 1.99. The molecule has 0 aliphatic carbocycles. The molecule has 0 bridgehead atoms. The van der Waals surface area contributed by atoms with Crippen LogP contribution in [0.1, 0.15) is 0 Å². The van der Waals surface area contributed by atoms with Gasteiger partial charge in [0.2, 0.25) is 0 Å². The predicted molar refractivity (Wildman–Crippen MR) is 13.4 cm³/mol. The molecule has 4 nitrogen and oxygen atoms in total. The normalized spacial score (nSPS) is 7.38. The van der Waals surface area contributed by atoms with Crippen LogP contribution in [0.2, 0.25) is 0 Å². The second-order valence-corrected chi connectivity index (χ2v) is 1.34. The molecular weight excluding hydrogens is 181 g/mol. The van der Waals surface area contributed by atoms with E-state index in [-0.39, 0.29) is 59.0 Å². The van der Waals surface area contributed by atoms with Crippen molar-refractivity contribution in [1.82, 2.24) is 0 Å². The van der Waals surface area contributed by atoms with Crippen molar-refractivity contribution in [2.75, 3.05) is 0 Å². The van der Waals surface area contributed by atoms with Crippen LogP contribution in [-0.2, 0) is 21.6 Å². The maximum absolute atomic E-state index is 8.55. The van der Waals surface area contributed by atoms with E-state index < -0.39 is 7.82 Å². The Morgan fingerprint density at radius 1 is 1.12 bits per heavy atom. The molecule has 0 rings (SSSR count). The number of hydrogen-bond acceptors (Lipinski definition) is 4. The van der Waals surface area contributed by atoms with Crippen molar-refractivity contribution in [2.24, 2.45) is 0 Å². The Bertz CT molecular complexity index is 62.2. The SMILES string of the molecule is O=P([O-])([O-])[O-].[Li+].[Mg+2].[Mn+2]. The second kappa shape index (κ2) is 8.99. The smallest absolute Gasteiger partial charge is 0.822 e. The summed E-state index contributed by atoms with van der Waals surface area (Å²) < 4.78 is 8.55. The molecule has 0 amide bonds. The van der Waals surface area contributed by atoms with Crippen LogP contribution < -0.4 is 33.5 Å². The van der Waals surface area contributed by atoms with Crippen LogP contribution in [0, 0.1) is 0 Å². The first-order valence-electron chi connectivity index (χ1n) is 0.730. The molecule has 8 heteroatoms. The van der Waals surface area contributed by atoms with Crippen molar-refractivity contribution in [2.45, 2.75) is 0 Å². The fourth-order valence-electron chi connectivity index (χ4n) is 0. The summed E-state index contributed by atoms with van der Waals surface area (Å²) in [5.74, 6) is 0. The van der Waals surface area contributed by atoms with E-state index in [0.717, 1.165) is 0 Å². The van der Waals surface area contributed by atoms with Crippen LogP contribution in [0.5, 0.6) is 0 Å². The van der Waals surface area contributed by atoms with Gasteiger partial charge >= 0.3 is 59.0 Å². The monoisotopic (exact) mass is 181 g/mol. The van der Waals surface area contributed by atoms with Crippen LogP contribution in [0.4, 0.5) is 0 Å². The van der Waals surface area contributed by atoms with E-state index in [1.807, 2.05) is 0 Å². The van der Waals surface area contributed by atoms with Gasteiger partial charge in [-0.15, -0.1) is 0 Å². The van der Waals surface area contributed by atoms with Gasteiger partial charge in [-0.25, -0.2) is 0 Å². The summed E-state index contributed by atoms with van der Waals surface area (Å²) in [5, 5.41) is 0. The molecule has 0 fully saturated rings. The summed E-state index contributed by atoms with van der Waals surface area (Å²) in [7, 11) is -5.39. The molecule has 0 aliphatic heterocycles. The quantitative estimate of drug-likeness (QED) is 0.275. The Balaban J connectivity index is -0.0000000267. The van der Waals surface area contributed by atoms with Gasteiger partial charge in [-0.2, -0.15) is 7.82 Å². The minimum atomic E-state index is -5.39. The molecule has 0 aromatic carbocycles. The largest absolute Gasteiger partial charge is 2.00 e. The van der Waals surface area contributed by atoms with Gasteiger partial charge in [0, 0.05) is 0 Å². The van der Waals surface area contributed by atoms with E-state index in [4.69, 9.17) is 19.2 Å².